The molecule has 1 heterocycles. The molecule has 0 fully saturated rings. The van der Waals surface area contributed by atoms with Crippen LogP contribution in [-0.4, -0.2) is 17.0 Å². The molecule has 0 saturated heterocycles. The summed E-state index contributed by atoms with van der Waals surface area (Å²) in [6.45, 7) is 0.486. The van der Waals surface area contributed by atoms with Gasteiger partial charge >= 0.3 is 0 Å². The van der Waals surface area contributed by atoms with E-state index in [1.54, 1.807) is 13.2 Å². The van der Waals surface area contributed by atoms with Crippen molar-refractivity contribution in [1.82, 2.24) is 9.97 Å². The zero-order valence-electron chi connectivity index (χ0n) is 9.35. The Labute approximate surface area is 108 Å². The number of anilines is 1. The Bertz CT molecular complexity index is 490. The van der Waals surface area contributed by atoms with Crippen molar-refractivity contribution >= 4 is 21.9 Å². The zero-order valence-corrected chi connectivity index (χ0v) is 10.9. The van der Waals surface area contributed by atoms with Crippen molar-refractivity contribution in [2.45, 2.75) is 6.61 Å². The molecule has 0 aliphatic rings. The van der Waals surface area contributed by atoms with Gasteiger partial charge in [0.25, 0.3) is 0 Å². The van der Waals surface area contributed by atoms with Crippen LogP contribution in [0.15, 0.2) is 41.0 Å². The van der Waals surface area contributed by atoms with Crippen LogP contribution in [0.3, 0.4) is 0 Å². The SMILES string of the molecule is CNc1ncc(Br)c(OCc2ccccc2)n1. The zero-order chi connectivity index (χ0) is 12.1. The largest absolute Gasteiger partial charge is 0.472 e. The minimum absolute atomic E-state index is 0.486. The molecule has 1 aromatic heterocycles. The summed E-state index contributed by atoms with van der Waals surface area (Å²) >= 11 is 3.36. The van der Waals surface area contributed by atoms with Crippen molar-refractivity contribution in [2.24, 2.45) is 0 Å². The molecular formula is C12H12BrN3O. The highest BCUT2D eigenvalue weighted by Gasteiger charge is 2.05. The molecule has 4 nitrogen and oxygen atoms in total. The van der Waals surface area contributed by atoms with E-state index in [1.165, 1.54) is 0 Å². The van der Waals surface area contributed by atoms with Gasteiger partial charge in [-0.05, 0) is 21.5 Å². The van der Waals surface area contributed by atoms with Gasteiger partial charge < -0.3 is 10.1 Å². The van der Waals surface area contributed by atoms with Gasteiger partial charge in [0.2, 0.25) is 11.8 Å². The molecule has 17 heavy (non-hydrogen) atoms. The van der Waals surface area contributed by atoms with Gasteiger partial charge in [-0.2, -0.15) is 4.98 Å². The van der Waals surface area contributed by atoms with Crippen molar-refractivity contribution in [3.63, 3.8) is 0 Å². The number of hydrogen-bond donors (Lipinski definition) is 1. The lowest BCUT2D eigenvalue weighted by molar-refractivity contribution is 0.291. The van der Waals surface area contributed by atoms with Gasteiger partial charge in [-0.15, -0.1) is 0 Å². The van der Waals surface area contributed by atoms with E-state index in [-0.39, 0.29) is 0 Å². The fraction of sp³-hybridized carbons (Fsp3) is 0.167. The summed E-state index contributed by atoms with van der Waals surface area (Å²) < 4.78 is 6.37. The van der Waals surface area contributed by atoms with Crippen LogP contribution in [0.25, 0.3) is 0 Å². The second kappa shape index (κ2) is 5.63. The van der Waals surface area contributed by atoms with Crippen LogP contribution in [0.1, 0.15) is 5.56 Å². The van der Waals surface area contributed by atoms with E-state index in [1.807, 2.05) is 30.3 Å². The van der Waals surface area contributed by atoms with Gasteiger partial charge in [-0.25, -0.2) is 4.98 Å². The van der Waals surface area contributed by atoms with Crippen LogP contribution in [0.2, 0.25) is 0 Å². The third kappa shape index (κ3) is 3.17. The topological polar surface area (TPSA) is 47.0 Å². The summed E-state index contributed by atoms with van der Waals surface area (Å²) in [7, 11) is 1.77. The number of nitrogens with one attached hydrogen (secondary N) is 1. The Morgan fingerprint density at radius 2 is 2.06 bits per heavy atom. The Morgan fingerprint density at radius 1 is 1.29 bits per heavy atom. The van der Waals surface area contributed by atoms with Gasteiger partial charge in [0.05, 0.1) is 10.7 Å². The number of nitrogens with zero attached hydrogens (tertiary/aromatic N) is 2. The Hall–Kier alpha value is -1.62. The lowest BCUT2D eigenvalue weighted by Crippen LogP contribution is -2.02. The molecule has 0 bridgehead atoms. The second-order valence-electron chi connectivity index (χ2n) is 3.37. The molecule has 1 N–H and O–H groups in total. The number of rotatable bonds is 4. The van der Waals surface area contributed by atoms with Crippen LogP contribution in [-0.2, 0) is 6.61 Å². The Morgan fingerprint density at radius 3 is 2.76 bits per heavy atom. The molecule has 88 valence electrons. The number of halogens is 1. The molecule has 2 aromatic rings. The number of benzene rings is 1. The Kier molecular flexibility index (Phi) is 3.93. The molecule has 2 rings (SSSR count). The van der Waals surface area contributed by atoms with E-state index in [0.29, 0.717) is 18.4 Å². The summed E-state index contributed by atoms with van der Waals surface area (Å²) in [6, 6.07) is 9.95. The highest BCUT2D eigenvalue weighted by atomic mass is 79.9. The maximum Gasteiger partial charge on any atom is 0.233 e. The maximum atomic E-state index is 5.63. The molecule has 1 aromatic carbocycles. The first-order valence-electron chi connectivity index (χ1n) is 5.16. The summed E-state index contributed by atoms with van der Waals surface area (Å²) in [5.41, 5.74) is 1.10. The van der Waals surface area contributed by atoms with E-state index in [4.69, 9.17) is 4.74 Å². The monoisotopic (exact) mass is 293 g/mol. The third-order valence-electron chi connectivity index (χ3n) is 2.15. The van der Waals surface area contributed by atoms with E-state index < -0.39 is 0 Å². The molecular weight excluding hydrogens is 282 g/mol. The summed E-state index contributed by atoms with van der Waals surface area (Å²) in [5, 5.41) is 2.87. The first-order chi connectivity index (χ1) is 8.29. The summed E-state index contributed by atoms with van der Waals surface area (Å²) in [6.07, 6.45) is 1.67. The number of hydrogen-bond acceptors (Lipinski definition) is 4. The van der Waals surface area contributed by atoms with Crippen molar-refractivity contribution < 1.29 is 4.74 Å². The van der Waals surface area contributed by atoms with Gasteiger partial charge in [0.1, 0.15) is 6.61 Å². The van der Waals surface area contributed by atoms with Crippen molar-refractivity contribution in [1.29, 1.82) is 0 Å². The fourth-order valence-corrected chi connectivity index (χ4v) is 1.60. The smallest absolute Gasteiger partial charge is 0.233 e. The minimum atomic E-state index is 0.486. The molecule has 0 atom stereocenters. The third-order valence-corrected chi connectivity index (χ3v) is 2.70. The first-order valence-corrected chi connectivity index (χ1v) is 5.96. The molecule has 0 amide bonds. The first kappa shape index (κ1) is 11.9. The van der Waals surface area contributed by atoms with E-state index in [2.05, 4.69) is 31.2 Å². The molecule has 0 aliphatic heterocycles. The fourth-order valence-electron chi connectivity index (χ4n) is 1.30. The average Bonchev–Trinajstić information content (AvgIpc) is 2.39. The normalized spacial score (nSPS) is 10.0. The Balaban J connectivity index is 2.08. The molecule has 0 radical (unpaired) electrons. The molecule has 0 saturated carbocycles. The maximum absolute atomic E-state index is 5.63. The van der Waals surface area contributed by atoms with Gasteiger partial charge in [-0.3, -0.25) is 0 Å². The van der Waals surface area contributed by atoms with E-state index in [9.17, 15) is 0 Å². The molecule has 0 aliphatic carbocycles. The predicted octanol–water partition coefficient (Wildman–Crippen LogP) is 2.86. The van der Waals surface area contributed by atoms with Crippen LogP contribution in [0.4, 0.5) is 5.95 Å². The molecule has 5 heteroatoms. The van der Waals surface area contributed by atoms with Crippen molar-refractivity contribution in [2.75, 3.05) is 12.4 Å². The molecule has 0 spiro atoms. The minimum Gasteiger partial charge on any atom is -0.472 e. The summed E-state index contributed by atoms with van der Waals surface area (Å²) in [4.78, 5) is 8.28. The lowest BCUT2D eigenvalue weighted by Gasteiger charge is -2.08. The second-order valence-corrected chi connectivity index (χ2v) is 4.23. The van der Waals surface area contributed by atoms with Crippen molar-refractivity contribution in [3.05, 3.63) is 46.6 Å². The average molecular weight is 294 g/mol. The van der Waals surface area contributed by atoms with Crippen LogP contribution in [0.5, 0.6) is 5.88 Å². The van der Waals surface area contributed by atoms with E-state index in [0.717, 1.165) is 10.0 Å². The van der Waals surface area contributed by atoms with Crippen molar-refractivity contribution in [3.8, 4) is 5.88 Å². The highest BCUT2D eigenvalue weighted by Crippen LogP contribution is 2.23. The van der Waals surface area contributed by atoms with Crippen LogP contribution >= 0.6 is 15.9 Å². The number of aromatic nitrogens is 2. The van der Waals surface area contributed by atoms with Crippen LogP contribution in [0, 0.1) is 0 Å². The highest BCUT2D eigenvalue weighted by molar-refractivity contribution is 9.10. The molecule has 0 unspecified atom stereocenters. The lowest BCUT2D eigenvalue weighted by atomic mass is 10.2. The van der Waals surface area contributed by atoms with Gasteiger partial charge in [0, 0.05) is 7.05 Å². The number of ether oxygens (including phenoxy) is 1. The van der Waals surface area contributed by atoms with E-state index >= 15 is 0 Å². The predicted molar refractivity (Wildman–Crippen MR) is 70.1 cm³/mol. The van der Waals surface area contributed by atoms with Crippen LogP contribution < -0.4 is 10.1 Å². The standard InChI is InChI=1S/C12H12BrN3O/c1-14-12-15-7-10(13)11(16-12)17-8-9-5-3-2-4-6-9/h2-7H,8H2,1H3,(H,14,15,16). The quantitative estimate of drug-likeness (QED) is 0.942. The van der Waals surface area contributed by atoms with Gasteiger partial charge in [-0.1, -0.05) is 30.3 Å². The van der Waals surface area contributed by atoms with Gasteiger partial charge in [0.15, 0.2) is 0 Å². The summed E-state index contributed by atoms with van der Waals surface area (Å²) in [5.74, 6) is 1.07.